The van der Waals surface area contributed by atoms with Crippen LogP contribution in [0.25, 0.3) is 0 Å². The van der Waals surface area contributed by atoms with Crippen molar-refractivity contribution in [3.05, 3.63) is 12.2 Å². The third kappa shape index (κ3) is 13.8. The minimum absolute atomic E-state index is 0.104. The summed E-state index contributed by atoms with van der Waals surface area (Å²) in [6, 6.07) is 0. The summed E-state index contributed by atoms with van der Waals surface area (Å²) in [5, 5.41) is 0. The van der Waals surface area contributed by atoms with Gasteiger partial charge in [-0.15, -0.1) is 0 Å². The number of allylic oxidation sites excluding steroid dienone is 2. The van der Waals surface area contributed by atoms with Crippen molar-refractivity contribution < 1.29 is 9.47 Å². The molecule has 1 aliphatic rings. The van der Waals surface area contributed by atoms with E-state index in [0.29, 0.717) is 0 Å². The fourth-order valence-corrected chi connectivity index (χ4v) is 3.13. The quantitative estimate of drug-likeness (QED) is 0.230. The van der Waals surface area contributed by atoms with Gasteiger partial charge in [-0.05, 0) is 38.5 Å². The van der Waals surface area contributed by atoms with Gasteiger partial charge in [-0.3, -0.25) is 0 Å². The SMILES string of the molecule is CCCCCCCCC=CCCCCCCCCC1OCCO1. The maximum absolute atomic E-state index is 5.45. The standard InChI is InChI=1S/C21H40O2/c1-2-3-4-5-6-7-8-9-10-11-12-13-14-15-16-17-18-21-22-19-20-23-21/h9-10,21H,2-8,11-20H2,1H3. The van der Waals surface area contributed by atoms with Gasteiger partial charge in [0.25, 0.3) is 0 Å². The van der Waals surface area contributed by atoms with Gasteiger partial charge in [-0.2, -0.15) is 0 Å². The first-order valence-electron chi connectivity index (χ1n) is 10.3. The number of ether oxygens (including phenoxy) is 2. The van der Waals surface area contributed by atoms with Gasteiger partial charge in [0, 0.05) is 0 Å². The van der Waals surface area contributed by atoms with Crippen LogP contribution in [-0.4, -0.2) is 19.5 Å². The Morgan fingerprint density at radius 3 is 1.70 bits per heavy atom. The lowest BCUT2D eigenvalue weighted by atomic mass is 10.1. The number of rotatable bonds is 16. The lowest BCUT2D eigenvalue weighted by molar-refractivity contribution is -0.0480. The van der Waals surface area contributed by atoms with Crippen LogP contribution in [0.1, 0.15) is 103 Å². The number of unbranched alkanes of at least 4 members (excludes halogenated alkanes) is 12. The van der Waals surface area contributed by atoms with Crippen LogP contribution in [0.5, 0.6) is 0 Å². The Hall–Kier alpha value is -0.340. The highest BCUT2D eigenvalue weighted by Gasteiger charge is 2.14. The van der Waals surface area contributed by atoms with E-state index in [9.17, 15) is 0 Å². The molecule has 0 atom stereocenters. The zero-order valence-corrected chi connectivity index (χ0v) is 15.6. The molecule has 23 heavy (non-hydrogen) atoms. The van der Waals surface area contributed by atoms with E-state index in [1.165, 1.54) is 89.9 Å². The van der Waals surface area contributed by atoms with Crippen LogP contribution in [0.2, 0.25) is 0 Å². The third-order valence-corrected chi connectivity index (χ3v) is 4.64. The van der Waals surface area contributed by atoms with Crippen LogP contribution in [0, 0.1) is 0 Å². The fraction of sp³-hybridized carbons (Fsp3) is 0.905. The monoisotopic (exact) mass is 324 g/mol. The maximum atomic E-state index is 5.45. The van der Waals surface area contributed by atoms with Gasteiger partial charge in [0.2, 0.25) is 0 Å². The van der Waals surface area contributed by atoms with E-state index in [4.69, 9.17) is 9.47 Å². The Bertz CT molecular complexity index is 257. The van der Waals surface area contributed by atoms with Crippen molar-refractivity contribution >= 4 is 0 Å². The zero-order chi connectivity index (χ0) is 16.4. The molecule has 1 fully saturated rings. The summed E-state index contributed by atoms with van der Waals surface area (Å²) < 4.78 is 10.9. The molecule has 136 valence electrons. The van der Waals surface area contributed by atoms with Crippen molar-refractivity contribution in [3.8, 4) is 0 Å². The molecule has 0 amide bonds. The molecule has 1 aliphatic heterocycles. The summed E-state index contributed by atoms with van der Waals surface area (Å²) >= 11 is 0. The first-order chi connectivity index (χ1) is 11.4. The molecule has 0 aromatic rings. The molecule has 0 aromatic heterocycles. The summed E-state index contributed by atoms with van der Waals surface area (Å²) in [5.41, 5.74) is 0. The van der Waals surface area contributed by atoms with Crippen molar-refractivity contribution in [2.24, 2.45) is 0 Å². The lowest BCUT2D eigenvalue weighted by Crippen LogP contribution is -2.06. The highest BCUT2D eigenvalue weighted by Crippen LogP contribution is 2.14. The molecule has 1 rings (SSSR count). The Morgan fingerprint density at radius 2 is 1.13 bits per heavy atom. The normalized spacial score (nSPS) is 15.9. The molecule has 0 spiro atoms. The number of hydrogen-bond acceptors (Lipinski definition) is 2. The minimum Gasteiger partial charge on any atom is -0.350 e. The molecule has 1 saturated heterocycles. The molecule has 0 aromatic carbocycles. The molecule has 2 nitrogen and oxygen atoms in total. The van der Waals surface area contributed by atoms with Crippen molar-refractivity contribution in [2.45, 2.75) is 110 Å². The van der Waals surface area contributed by atoms with Gasteiger partial charge < -0.3 is 9.47 Å². The Labute approximate surface area is 145 Å². The first-order valence-corrected chi connectivity index (χ1v) is 10.3. The molecular formula is C21H40O2. The predicted octanol–water partition coefficient (Wildman–Crippen LogP) is 6.79. The van der Waals surface area contributed by atoms with Crippen LogP contribution < -0.4 is 0 Å². The zero-order valence-electron chi connectivity index (χ0n) is 15.6. The molecule has 0 saturated carbocycles. The van der Waals surface area contributed by atoms with Crippen molar-refractivity contribution in [1.29, 1.82) is 0 Å². The summed E-state index contributed by atoms with van der Waals surface area (Å²) in [6.45, 7) is 3.86. The van der Waals surface area contributed by atoms with E-state index < -0.39 is 0 Å². The van der Waals surface area contributed by atoms with E-state index in [1.807, 2.05) is 0 Å². The van der Waals surface area contributed by atoms with Gasteiger partial charge in [-0.25, -0.2) is 0 Å². The second-order valence-electron chi connectivity index (χ2n) is 6.90. The summed E-state index contributed by atoms with van der Waals surface area (Å²) in [5.74, 6) is 0. The maximum Gasteiger partial charge on any atom is 0.157 e. The smallest absolute Gasteiger partial charge is 0.157 e. The predicted molar refractivity (Wildman–Crippen MR) is 99.8 cm³/mol. The van der Waals surface area contributed by atoms with Crippen molar-refractivity contribution in [1.82, 2.24) is 0 Å². The molecule has 0 N–H and O–H groups in total. The minimum atomic E-state index is 0.104. The molecule has 0 aliphatic carbocycles. The molecule has 2 heteroatoms. The molecular weight excluding hydrogens is 284 g/mol. The van der Waals surface area contributed by atoms with Gasteiger partial charge in [0.05, 0.1) is 13.2 Å². The van der Waals surface area contributed by atoms with Crippen LogP contribution >= 0.6 is 0 Å². The van der Waals surface area contributed by atoms with E-state index in [1.54, 1.807) is 0 Å². The largest absolute Gasteiger partial charge is 0.350 e. The van der Waals surface area contributed by atoms with Crippen molar-refractivity contribution in [3.63, 3.8) is 0 Å². The van der Waals surface area contributed by atoms with E-state index in [0.717, 1.165) is 19.6 Å². The van der Waals surface area contributed by atoms with Gasteiger partial charge in [-0.1, -0.05) is 76.9 Å². The Morgan fingerprint density at radius 1 is 0.652 bits per heavy atom. The van der Waals surface area contributed by atoms with E-state index >= 15 is 0 Å². The molecule has 0 unspecified atom stereocenters. The number of hydrogen-bond donors (Lipinski definition) is 0. The van der Waals surface area contributed by atoms with Crippen LogP contribution in [0.3, 0.4) is 0 Å². The van der Waals surface area contributed by atoms with Gasteiger partial charge >= 0.3 is 0 Å². The van der Waals surface area contributed by atoms with Crippen molar-refractivity contribution in [2.75, 3.05) is 13.2 Å². The Balaban J connectivity index is 1.69. The van der Waals surface area contributed by atoms with E-state index in [-0.39, 0.29) is 6.29 Å². The van der Waals surface area contributed by atoms with Gasteiger partial charge in [0.15, 0.2) is 6.29 Å². The average molecular weight is 325 g/mol. The van der Waals surface area contributed by atoms with E-state index in [2.05, 4.69) is 19.1 Å². The highest BCUT2D eigenvalue weighted by molar-refractivity contribution is 4.81. The van der Waals surface area contributed by atoms with Crippen LogP contribution in [0.4, 0.5) is 0 Å². The first kappa shape index (κ1) is 20.7. The highest BCUT2D eigenvalue weighted by atomic mass is 16.7. The Kier molecular flexibility index (Phi) is 14.9. The second-order valence-corrected chi connectivity index (χ2v) is 6.90. The molecule has 0 radical (unpaired) electrons. The summed E-state index contributed by atoms with van der Waals surface area (Å²) in [7, 11) is 0. The summed E-state index contributed by atoms with van der Waals surface area (Å²) in [6.07, 6.45) is 25.1. The fourth-order valence-electron chi connectivity index (χ4n) is 3.13. The van der Waals surface area contributed by atoms with Crippen LogP contribution in [0.15, 0.2) is 12.2 Å². The molecule has 0 bridgehead atoms. The van der Waals surface area contributed by atoms with Gasteiger partial charge in [0.1, 0.15) is 0 Å². The second kappa shape index (κ2) is 16.5. The summed E-state index contributed by atoms with van der Waals surface area (Å²) in [4.78, 5) is 0. The topological polar surface area (TPSA) is 18.5 Å². The lowest BCUT2D eigenvalue weighted by Gasteiger charge is -2.07. The third-order valence-electron chi connectivity index (χ3n) is 4.64. The average Bonchev–Trinajstić information content (AvgIpc) is 3.08. The van der Waals surface area contributed by atoms with Crippen LogP contribution in [-0.2, 0) is 9.47 Å². The molecule has 1 heterocycles.